The van der Waals surface area contributed by atoms with E-state index in [0.717, 1.165) is 15.9 Å². The molecule has 0 fully saturated rings. The fourth-order valence-electron chi connectivity index (χ4n) is 3.81. The summed E-state index contributed by atoms with van der Waals surface area (Å²) in [6.07, 6.45) is 0. The number of hydrogen-bond donors (Lipinski definition) is 0. The molecule has 3 rings (SSSR count). The third kappa shape index (κ3) is 3.87. The first kappa shape index (κ1) is 20.3. The number of carbonyl (C=O) groups excluding carboxylic acids is 1. The molecule has 28 heavy (non-hydrogen) atoms. The van der Waals surface area contributed by atoms with Crippen molar-refractivity contribution in [2.45, 2.75) is 19.7 Å². The minimum absolute atomic E-state index is 0.299. The summed E-state index contributed by atoms with van der Waals surface area (Å²) in [6.45, 7) is 4.51. The molecule has 1 atom stereocenters. The van der Waals surface area contributed by atoms with Gasteiger partial charge in [-0.15, -0.1) is 0 Å². The summed E-state index contributed by atoms with van der Waals surface area (Å²) < 4.78 is 11.7. The molecule has 4 heteroatoms. The normalized spacial score (nSPS) is 12.9. The van der Waals surface area contributed by atoms with Crippen LogP contribution in [-0.2, 0) is 14.3 Å². The zero-order valence-corrected chi connectivity index (χ0v) is 17.4. The van der Waals surface area contributed by atoms with Gasteiger partial charge in [0, 0.05) is 0 Å². The first-order valence-electron chi connectivity index (χ1n) is 9.69. The second kappa shape index (κ2) is 9.64. The van der Waals surface area contributed by atoms with Gasteiger partial charge in [-0.05, 0) is 0 Å². The van der Waals surface area contributed by atoms with Gasteiger partial charge in [0.05, 0.1) is 0 Å². The number of benzene rings is 3. The van der Waals surface area contributed by atoms with Crippen LogP contribution in [0.25, 0.3) is 0 Å². The minimum atomic E-state index is -2.87. The zero-order chi connectivity index (χ0) is 19.8. The van der Waals surface area contributed by atoms with Gasteiger partial charge in [-0.3, -0.25) is 0 Å². The van der Waals surface area contributed by atoms with Crippen LogP contribution in [0.4, 0.5) is 0 Å². The molecule has 0 aliphatic heterocycles. The predicted octanol–water partition coefficient (Wildman–Crippen LogP) is 3.64. The number of ether oxygens (including phenoxy) is 2. The molecule has 0 saturated carbocycles. The molecule has 0 spiro atoms. The molecule has 0 aliphatic carbocycles. The number of rotatable bonds is 8. The van der Waals surface area contributed by atoms with E-state index >= 15 is 0 Å². The summed E-state index contributed by atoms with van der Waals surface area (Å²) in [5.41, 5.74) is 0. The van der Waals surface area contributed by atoms with Gasteiger partial charge in [-0.1, -0.05) is 0 Å². The van der Waals surface area contributed by atoms with E-state index in [1.165, 1.54) is 0 Å². The van der Waals surface area contributed by atoms with E-state index in [1.807, 2.05) is 68.4 Å². The van der Waals surface area contributed by atoms with E-state index in [4.69, 9.17) is 9.47 Å². The second-order valence-corrected chi connectivity index (χ2v) is 10.4. The molecule has 0 aromatic heterocycles. The van der Waals surface area contributed by atoms with Crippen molar-refractivity contribution in [2.24, 2.45) is 0 Å². The number of hydrogen-bond acceptors (Lipinski definition) is 3. The van der Waals surface area contributed by atoms with Gasteiger partial charge in [0.25, 0.3) is 0 Å². The van der Waals surface area contributed by atoms with E-state index in [0.29, 0.717) is 13.2 Å². The zero-order valence-electron chi connectivity index (χ0n) is 16.4. The van der Waals surface area contributed by atoms with Gasteiger partial charge < -0.3 is 0 Å². The molecule has 3 aromatic carbocycles. The Morgan fingerprint density at radius 2 is 1.11 bits per heavy atom. The molecule has 0 radical (unpaired) electrons. The SMILES string of the molecule is CCOC(=O)C(OCC)[PH](c1ccccc1)(c1ccccc1)c1ccccc1. The van der Waals surface area contributed by atoms with Crippen LogP contribution in [0.1, 0.15) is 13.8 Å². The van der Waals surface area contributed by atoms with Gasteiger partial charge in [-0.2, -0.15) is 0 Å². The Kier molecular flexibility index (Phi) is 6.97. The van der Waals surface area contributed by atoms with E-state index < -0.39 is 13.1 Å². The van der Waals surface area contributed by atoms with Crippen molar-refractivity contribution in [1.82, 2.24) is 0 Å². The fourth-order valence-corrected chi connectivity index (χ4v) is 8.73. The molecule has 0 N–H and O–H groups in total. The molecule has 0 bridgehead atoms. The Bertz CT molecular complexity index is 769. The van der Waals surface area contributed by atoms with E-state index in [-0.39, 0.29) is 5.97 Å². The Labute approximate surface area is 167 Å². The van der Waals surface area contributed by atoms with E-state index in [1.54, 1.807) is 0 Å². The van der Waals surface area contributed by atoms with E-state index in [2.05, 4.69) is 36.4 Å². The number of carbonyl (C=O) groups is 1. The van der Waals surface area contributed by atoms with Crippen molar-refractivity contribution in [3.8, 4) is 0 Å². The van der Waals surface area contributed by atoms with Crippen LogP contribution in [0.2, 0.25) is 0 Å². The molecule has 3 nitrogen and oxygen atoms in total. The molecule has 3 aromatic rings. The fraction of sp³-hybridized carbons (Fsp3) is 0.208. The molecular formula is C24H27O3P. The van der Waals surface area contributed by atoms with Crippen molar-refractivity contribution in [2.75, 3.05) is 13.2 Å². The Morgan fingerprint density at radius 1 is 0.714 bits per heavy atom. The van der Waals surface area contributed by atoms with Gasteiger partial charge in [0.2, 0.25) is 0 Å². The van der Waals surface area contributed by atoms with Crippen LogP contribution in [0.5, 0.6) is 0 Å². The molecule has 0 saturated heterocycles. The monoisotopic (exact) mass is 394 g/mol. The maximum absolute atomic E-state index is 13.2. The quantitative estimate of drug-likeness (QED) is 0.432. The summed E-state index contributed by atoms with van der Waals surface area (Å²) in [4.78, 5) is 13.2. The summed E-state index contributed by atoms with van der Waals surface area (Å²) in [6, 6.07) is 30.8. The second-order valence-electron chi connectivity index (χ2n) is 6.49. The van der Waals surface area contributed by atoms with E-state index in [9.17, 15) is 4.79 Å². The predicted molar refractivity (Wildman–Crippen MR) is 119 cm³/mol. The molecule has 0 amide bonds. The van der Waals surface area contributed by atoms with Crippen molar-refractivity contribution >= 4 is 29.1 Å². The summed E-state index contributed by atoms with van der Waals surface area (Å²) in [5.74, 6) is -0.975. The van der Waals surface area contributed by atoms with Crippen LogP contribution in [0.3, 0.4) is 0 Å². The third-order valence-electron chi connectivity index (χ3n) is 4.91. The Morgan fingerprint density at radius 3 is 1.43 bits per heavy atom. The molecule has 1 unspecified atom stereocenters. The molecule has 0 heterocycles. The van der Waals surface area contributed by atoms with Crippen LogP contribution in [0.15, 0.2) is 91.0 Å². The molecule has 0 aliphatic rings. The third-order valence-corrected chi connectivity index (χ3v) is 9.84. The Balaban J connectivity index is 2.37. The van der Waals surface area contributed by atoms with Crippen molar-refractivity contribution in [1.29, 1.82) is 0 Å². The average molecular weight is 394 g/mol. The standard InChI is InChI=1S/C24H27O3P/c1-3-26-23(25)24(27-4-2)28(20-14-8-5-9-15-20,21-16-10-6-11-17-21)22-18-12-7-13-19-22/h5-19,24,28H,3-4H2,1-2H3. The molecule has 146 valence electrons. The van der Waals surface area contributed by atoms with Crippen molar-refractivity contribution in [3.05, 3.63) is 91.0 Å². The summed E-state index contributed by atoms with van der Waals surface area (Å²) in [7, 11) is -2.87. The average Bonchev–Trinajstić information content (AvgIpc) is 2.76. The Hall–Kier alpha value is -2.48. The van der Waals surface area contributed by atoms with Crippen LogP contribution in [-0.4, -0.2) is 25.0 Å². The van der Waals surface area contributed by atoms with Gasteiger partial charge in [-0.25, -0.2) is 0 Å². The van der Waals surface area contributed by atoms with Crippen LogP contribution >= 0.6 is 7.26 Å². The maximum atomic E-state index is 13.2. The summed E-state index contributed by atoms with van der Waals surface area (Å²) in [5, 5.41) is 3.37. The van der Waals surface area contributed by atoms with Gasteiger partial charge >= 0.3 is 167 Å². The summed E-state index contributed by atoms with van der Waals surface area (Å²) >= 11 is 0. The molecular weight excluding hydrogens is 367 g/mol. The first-order chi connectivity index (χ1) is 13.7. The number of esters is 1. The first-order valence-corrected chi connectivity index (χ1v) is 11.8. The topological polar surface area (TPSA) is 35.5 Å². The van der Waals surface area contributed by atoms with Crippen molar-refractivity contribution in [3.63, 3.8) is 0 Å². The van der Waals surface area contributed by atoms with Crippen molar-refractivity contribution < 1.29 is 14.3 Å². The van der Waals surface area contributed by atoms with Gasteiger partial charge in [0.15, 0.2) is 0 Å². The van der Waals surface area contributed by atoms with Crippen LogP contribution < -0.4 is 15.9 Å². The van der Waals surface area contributed by atoms with Gasteiger partial charge in [0.1, 0.15) is 0 Å². The van der Waals surface area contributed by atoms with Crippen LogP contribution in [0, 0.1) is 0 Å².